The van der Waals surface area contributed by atoms with Gasteiger partial charge in [0.25, 0.3) is 0 Å². The van der Waals surface area contributed by atoms with Crippen molar-refractivity contribution in [1.29, 1.82) is 0 Å². The van der Waals surface area contributed by atoms with Crippen LogP contribution in [0.2, 0.25) is 0 Å². The van der Waals surface area contributed by atoms with Gasteiger partial charge < -0.3 is 9.88 Å². The summed E-state index contributed by atoms with van der Waals surface area (Å²) < 4.78 is 16.4. The molecule has 0 fully saturated rings. The van der Waals surface area contributed by atoms with E-state index in [0.29, 0.717) is 16.2 Å². The molecule has 5 nitrogen and oxygen atoms in total. The molecular weight excluding hydrogens is 427 g/mol. The highest BCUT2D eigenvalue weighted by molar-refractivity contribution is 9.10. The largest absolute Gasteiger partial charge is 0.323 e. The lowest BCUT2D eigenvalue weighted by molar-refractivity contribution is -0.113. The fraction of sp³-hybridized carbons (Fsp3) is 0.188. The lowest BCUT2D eigenvalue weighted by Gasteiger charge is -2.08. The van der Waals surface area contributed by atoms with Crippen LogP contribution in [0.15, 0.2) is 45.3 Å². The number of hydrogen-bond donors (Lipinski definition) is 1. The Morgan fingerprint density at radius 3 is 2.92 bits per heavy atom. The minimum Gasteiger partial charge on any atom is -0.323 e. The van der Waals surface area contributed by atoms with E-state index in [1.54, 1.807) is 17.4 Å². The summed E-state index contributed by atoms with van der Waals surface area (Å²) in [7, 11) is 0. The summed E-state index contributed by atoms with van der Waals surface area (Å²) in [5, 5.41) is 13.6. The van der Waals surface area contributed by atoms with Gasteiger partial charge in [-0.3, -0.25) is 4.79 Å². The van der Waals surface area contributed by atoms with Crippen molar-refractivity contribution in [2.45, 2.75) is 18.6 Å². The molecule has 0 saturated heterocycles. The number of nitrogens with one attached hydrogen (secondary N) is 1. The summed E-state index contributed by atoms with van der Waals surface area (Å²) >= 11 is 6.05. The first kappa shape index (κ1) is 18.1. The molecule has 2 heterocycles. The van der Waals surface area contributed by atoms with E-state index >= 15 is 0 Å². The number of halogens is 2. The Kier molecular flexibility index (Phi) is 5.87. The second-order valence-electron chi connectivity index (χ2n) is 4.99. The van der Waals surface area contributed by atoms with Gasteiger partial charge in [0.05, 0.1) is 16.3 Å². The molecule has 2 aromatic heterocycles. The van der Waals surface area contributed by atoms with E-state index in [4.69, 9.17) is 0 Å². The highest BCUT2D eigenvalue weighted by Gasteiger charge is 2.15. The van der Waals surface area contributed by atoms with E-state index < -0.39 is 5.82 Å². The molecular formula is C16H14BrFN4OS2. The monoisotopic (exact) mass is 440 g/mol. The molecule has 1 aromatic carbocycles. The standard InChI is InChI=1S/C16H14BrFN4OS2/c1-2-22-15(13-4-3-7-24-13)20-21-16(22)25-9-14(23)19-12-6-5-10(17)8-11(12)18/h3-8H,2,9H2,1H3,(H,19,23). The molecule has 0 radical (unpaired) electrons. The molecule has 1 N–H and O–H groups in total. The van der Waals surface area contributed by atoms with Crippen LogP contribution in [0.25, 0.3) is 10.7 Å². The summed E-state index contributed by atoms with van der Waals surface area (Å²) in [5.74, 6) is 0.135. The summed E-state index contributed by atoms with van der Waals surface area (Å²) in [6, 6.07) is 8.45. The van der Waals surface area contributed by atoms with Gasteiger partial charge in [-0.25, -0.2) is 4.39 Å². The van der Waals surface area contributed by atoms with E-state index in [1.165, 1.54) is 23.9 Å². The van der Waals surface area contributed by atoms with Gasteiger partial charge in [-0.2, -0.15) is 0 Å². The maximum atomic E-state index is 13.8. The van der Waals surface area contributed by atoms with Gasteiger partial charge in [-0.15, -0.1) is 21.5 Å². The van der Waals surface area contributed by atoms with Crippen molar-refractivity contribution >= 4 is 50.6 Å². The van der Waals surface area contributed by atoms with Crippen molar-refractivity contribution in [3.05, 3.63) is 46.0 Å². The van der Waals surface area contributed by atoms with E-state index in [9.17, 15) is 9.18 Å². The SMILES string of the molecule is CCn1c(SCC(=O)Nc2ccc(Br)cc2F)nnc1-c1cccs1. The maximum absolute atomic E-state index is 13.8. The van der Waals surface area contributed by atoms with Crippen LogP contribution in [-0.4, -0.2) is 26.4 Å². The van der Waals surface area contributed by atoms with Gasteiger partial charge in [-0.1, -0.05) is 33.8 Å². The van der Waals surface area contributed by atoms with Crippen molar-refractivity contribution in [3.8, 4) is 10.7 Å². The summed E-state index contributed by atoms with van der Waals surface area (Å²) in [6.07, 6.45) is 0. The normalized spacial score (nSPS) is 10.8. The molecule has 25 heavy (non-hydrogen) atoms. The van der Waals surface area contributed by atoms with E-state index in [0.717, 1.165) is 10.7 Å². The number of anilines is 1. The Morgan fingerprint density at radius 2 is 2.24 bits per heavy atom. The maximum Gasteiger partial charge on any atom is 0.234 e. The van der Waals surface area contributed by atoms with Crippen molar-refractivity contribution in [2.24, 2.45) is 0 Å². The van der Waals surface area contributed by atoms with Crippen molar-refractivity contribution in [2.75, 3.05) is 11.1 Å². The minimum absolute atomic E-state index is 0.123. The second kappa shape index (κ2) is 8.11. The number of aromatic nitrogens is 3. The molecule has 3 rings (SSSR count). The van der Waals surface area contributed by atoms with Crippen LogP contribution < -0.4 is 5.32 Å². The summed E-state index contributed by atoms with van der Waals surface area (Å²) in [6.45, 7) is 2.70. The molecule has 130 valence electrons. The fourth-order valence-electron chi connectivity index (χ4n) is 2.18. The van der Waals surface area contributed by atoms with Crippen LogP contribution in [0.1, 0.15) is 6.92 Å². The van der Waals surface area contributed by atoms with Crippen LogP contribution >= 0.6 is 39.0 Å². The molecule has 0 spiro atoms. The summed E-state index contributed by atoms with van der Waals surface area (Å²) in [4.78, 5) is 13.1. The van der Waals surface area contributed by atoms with Gasteiger partial charge >= 0.3 is 0 Å². The van der Waals surface area contributed by atoms with Gasteiger partial charge in [0.15, 0.2) is 11.0 Å². The number of rotatable bonds is 6. The van der Waals surface area contributed by atoms with Gasteiger partial charge in [0.2, 0.25) is 5.91 Å². The van der Waals surface area contributed by atoms with E-state index in [2.05, 4.69) is 31.4 Å². The fourth-order valence-corrected chi connectivity index (χ4v) is 4.03. The average molecular weight is 441 g/mol. The van der Waals surface area contributed by atoms with Crippen molar-refractivity contribution in [3.63, 3.8) is 0 Å². The first-order valence-corrected chi connectivity index (χ1v) is 10.1. The Morgan fingerprint density at radius 1 is 1.40 bits per heavy atom. The van der Waals surface area contributed by atoms with Crippen LogP contribution in [0, 0.1) is 5.82 Å². The average Bonchev–Trinajstić information content (AvgIpc) is 3.24. The third-order valence-electron chi connectivity index (χ3n) is 3.31. The molecule has 3 aromatic rings. The Bertz CT molecular complexity index is 882. The predicted molar refractivity (Wildman–Crippen MR) is 102 cm³/mol. The number of thiophene rings is 1. The number of nitrogens with zero attached hydrogens (tertiary/aromatic N) is 3. The molecule has 0 aliphatic heterocycles. The Balaban J connectivity index is 1.66. The number of thioether (sulfide) groups is 1. The number of carbonyl (C=O) groups is 1. The third kappa shape index (κ3) is 4.28. The smallest absolute Gasteiger partial charge is 0.234 e. The molecule has 0 unspecified atom stereocenters. The molecule has 0 atom stereocenters. The zero-order valence-electron chi connectivity index (χ0n) is 13.2. The zero-order chi connectivity index (χ0) is 17.8. The lowest BCUT2D eigenvalue weighted by atomic mass is 10.3. The van der Waals surface area contributed by atoms with Crippen molar-refractivity contribution < 1.29 is 9.18 Å². The molecule has 0 aliphatic carbocycles. The molecule has 9 heteroatoms. The topological polar surface area (TPSA) is 59.8 Å². The van der Waals surface area contributed by atoms with Crippen LogP contribution in [0.5, 0.6) is 0 Å². The number of hydrogen-bond acceptors (Lipinski definition) is 5. The van der Waals surface area contributed by atoms with Crippen molar-refractivity contribution in [1.82, 2.24) is 14.8 Å². The Labute approximate surface area is 160 Å². The molecule has 0 bridgehead atoms. The highest BCUT2D eigenvalue weighted by Crippen LogP contribution is 2.27. The van der Waals surface area contributed by atoms with E-state index in [1.807, 2.05) is 29.0 Å². The third-order valence-corrected chi connectivity index (χ3v) is 5.64. The van der Waals surface area contributed by atoms with Gasteiger partial charge in [0, 0.05) is 11.0 Å². The molecule has 0 saturated carbocycles. The second-order valence-corrected chi connectivity index (χ2v) is 7.79. The quantitative estimate of drug-likeness (QED) is 0.566. The number of carbonyl (C=O) groups excluding carboxylic acids is 1. The van der Waals surface area contributed by atoms with Gasteiger partial charge in [-0.05, 0) is 36.6 Å². The van der Waals surface area contributed by atoms with Crippen LogP contribution in [0.4, 0.5) is 10.1 Å². The summed E-state index contributed by atoms with van der Waals surface area (Å²) in [5.41, 5.74) is 0.157. The lowest BCUT2D eigenvalue weighted by Crippen LogP contribution is -2.15. The zero-order valence-corrected chi connectivity index (χ0v) is 16.4. The van der Waals surface area contributed by atoms with E-state index in [-0.39, 0.29) is 17.3 Å². The Hall–Kier alpha value is -1.71. The molecule has 0 aliphatic rings. The minimum atomic E-state index is -0.482. The highest BCUT2D eigenvalue weighted by atomic mass is 79.9. The van der Waals surface area contributed by atoms with Gasteiger partial charge in [0.1, 0.15) is 5.82 Å². The first-order valence-electron chi connectivity index (χ1n) is 7.43. The molecule has 1 amide bonds. The predicted octanol–water partition coefficient (Wildman–Crippen LogP) is 4.66. The van der Waals surface area contributed by atoms with Crippen LogP contribution in [0.3, 0.4) is 0 Å². The van der Waals surface area contributed by atoms with Crippen LogP contribution in [-0.2, 0) is 11.3 Å². The number of amides is 1. The number of benzene rings is 1. The first-order chi connectivity index (χ1) is 12.1.